The minimum atomic E-state index is 0.398. The van der Waals surface area contributed by atoms with Crippen molar-refractivity contribution in [1.29, 1.82) is 0 Å². The van der Waals surface area contributed by atoms with E-state index in [-0.39, 0.29) is 0 Å². The summed E-state index contributed by atoms with van der Waals surface area (Å²) in [6, 6.07) is 0.398. The van der Waals surface area contributed by atoms with Gasteiger partial charge in [0, 0.05) is 7.05 Å². The van der Waals surface area contributed by atoms with Gasteiger partial charge in [-0.05, 0) is 13.8 Å². The van der Waals surface area contributed by atoms with Gasteiger partial charge in [-0.1, -0.05) is 0 Å². The molecule has 2 aromatic rings. The van der Waals surface area contributed by atoms with E-state index in [1.807, 2.05) is 16.9 Å². The largest absolute Gasteiger partial charge is 0.382 e. The van der Waals surface area contributed by atoms with E-state index in [2.05, 4.69) is 28.8 Å². The summed E-state index contributed by atoms with van der Waals surface area (Å²) >= 11 is 0. The van der Waals surface area contributed by atoms with Crippen LogP contribution in [0.1, 0.15) is 13.8 Å². The average molecular weight is 207 g/mol. The molecule has 0 aliphatic carbocycles. The minimum Gasteiger partial charge on any atom is -0.382 e. The molecule has 4 N–H and O–H groups in total. The van der Waals surface area contributed by atoms with E-state index in [1.165, 1.54) is 0 Å². The molecule has 0 aliphatic heterocycles. The number of hydrogen-bond acceptors (Lipinski definition) is 4. The molecule has 80 valence electrons. The summed E-state index contributed by atoms with van der Waals surface area (Å²) in [5.74, 6) is 1.10. The molecular weight excluding hydrogens is 192 g/mol. The van der Waals surface area contributed by atoms with E-state index < -0.39 is 0 Å². The first kappa shape index (κ1) is 9.85. The maximum atomic E-state index is 5.80. The SMILES string of the molecule is CC(C)[NH2+]c1nc(N)c2ncn(C)c2n1. The first-order valence-corrected chi connectivity index (χ1v) is 4.87. The third kappa shape index (κ3) is 1.75. The molecule has 0 fully saturated rings. The lowest BCUT2D eigenvalue weighted by atomic mass is 10.4. The normalized spacial score (nSPS) is 11.5. The third-order valence-electron chi connectivity index (χ3n) is 2.09. The van der Waals surface area contributed by atoms with Gasteiger partial charge in [0.05, 0.1) is 12.4 Å². The van der Waals surface area contributed by atoms with Crippen molar-refractivity contribution in [2.45, 2.75) is 19.9 Å². The van der Waals surface area contributed by atoms with Gasteiger partial charge in [0.2, 0.25) is 0 Å². The van der Waals surface area contributed by atoms with Crippen LogP contribution in [0.3, 0.4) is 0 Å². The van der Waals surface area contributed by atoms with Gasteiger partial charge in [-0.2, -0.15) is 9.97 Å². The Balaban J connectivity index is 2.55. The van der Waals surface area contributed by atoms with Gasteiger partial charge in [0.25, 0.3) is 0 Å². The Labute approximate surface area is 87.5 Å². The number of quaternary nitrogens is 1. The number of aromatic nitrogens is 4. The predicted octanol–water partition coefficient (Wildman–Crippen LogP) is -0.451. The number of fused-ring (bicyclic) bond motifs is 1. The lowest BCUT2D eigenvalue weighted by Crippen LogP contribution is -2.83. The number of hydrogen-bond donors (Lipinski definition) is 2. The fourth-order valence-corrected chi connectivity index (χ4v) is 1.42. The highest BCUT2D eigenvalue weighted by molar-refractivity contribution is 5.82. The zero-order valence-corrected chi connectivity index (χ0v) is 9.10. The van der Waals surface area contributed by atoms with Crippen LogP contribution in [0.4, 0.5) is 11.8 Å². The maximum absolute atomic E-state index is 5.80. The topological polar surface area (TPSA) is 86.2 Å². The van der Waals surface area contributed by atoms with Crippen LogP contribution in [0.25, 0.3) is 11.2 Å². The molecular formula is C9H15N6+. The number of nitrogen functional groups attached to an aromatic ring is 1. The standard InChI is InChI=1S/C9H14N6/c1-5(2)12-9-13-7(10)6-8(14-9)15(3)4-11-6/h4-5H,1-3H3,(H3,10,12,13,14)/p+1. The molecule has 2 aromatic heterocycles. The van der Waals surface area contributed by atoms with Crippen molar-refractivity contribution in [3.8, 4) is 0 Å². The lowest BCUT2D eigenvalue weighted by Gasteiger charge is -2.03. The summed E-state index contributed by atoms with van der Waals surface area (Å²) in [6.07, 6.45) is 1.69. The van der Waals surface area contributed by atoms with E-state index in [0.29, 0.717) is 23.3 Å². The van der Waals surface area contributed by atoms with Gasteiger partial charge in [-0.15, -0.1) is 0 Å². The van der Waals surface area contributed by atoms with E-state index in [9.17, 15) is 0 Å². The Morgan fingerprint density at radius 3 is 2.80 bits per heavy atom. The first-order chi connectivity index (χ1) is 7.08. The average Bonchev–Trinajstić information content (AvgIpc) is 2.47. The van der Waals surface area contributed by atoms with Crippen LogP contribution in [0.2, 0.25) is 0 Å². The molecule has 0 bridgehead atoms. The molecule has 2 rings (SSSR count). The molecule has 0 aromatic carbocycles. The van der Waals surface area contributed by atoms with Gasteiger partial charge in [-0.25, -0.2) is 4.98 Å². The molecule has 15 heavy (non-hydrogen) atoms. The number of aryl methyl sites for hydroxylation is 1. The van der Waals surface area contributed by atoms with Crippen molar-refractivity contribution in [1.82, 2.24) is 19.5 Å². The van der Waals surface area contributed by atoms with E-state index >= 15 is 0 Å². The summed E-state index contributed by atoms with van der Waals surface area (Å²) in [6.45, 7) is 4.15. The highest BCUT2D eigenvalue weighted by Crippen LogP contribution is 2.14. The molecule has 2 heterocycles. The fourth-order valence-electron chi connectivity index (χ4n) is 1.42. The molecule has 6 heteroatoms. The predicted molar refractivity (Wildman–Crippen MR) is 57.4 cm³/mol. The summed E-state index contributed by atoms with van der Waals surface area (Å²) in [4.78, 5) is 12.7. The Hall–Kier alpha value is -1.69. The number of anilines is 1. The molecule has 0 unspecified atom stereocenters. The Kier molecular flexibility index (Phi) is 2.28. The van der Waals surface area contributed by atoms with Crippen molar-refractivity contribution in [3.63, 3.8) is 0 Å². The van der Waals surface area contributed by atoms with Crippen molar-refractivity contribution in [2.24, 2.45) is 7.05 Å². The molecule has 6 nitrogen and oxygen atoms in total. The van der Waals surface area contributed by atoms with Crippen LogP contribution >= 0.6 is 0 Å². The second-order valence-corrected chi connectivity index (χ2v) is 3.91. The van der Waals surface area contributed by atoms with Crippen LogP contribution < -0.4 is 11.1 Å². The zero-order valence-electron chi connectivity index (χ0n) is 9.10. The molecule has 0 amide bonds. The zero-order chi connectivity index (χ0) is 11.0. The van der Waals surface area contributed by atoms with Crippen LogP contribution in [0.15, 0.2) is 6.33 Å². The van der Waals surface area contributed by atoms with E-state index in [4.69, 9.17) is 5.73 Å². The van der Waals surface area contributed by atoms with Crippen molar-refractivity contribution in [2.75, 3.05) is 5.73 Å². The number of nitrogens with two attached hydrogens (primary N) is 2. The summed E-state index contributed by atoms with van der Waals surface area (Å²) in [7, 11) is 1.89. The molecule has 0 saturated heterocycles. The van der Waals surface area contributed by atoms with Crippen LogP contribution in [0.5, 0.6) is 0 Å². The van der Waals surface area contributed by atoms with Crippen LogP contribution in [0, 0.1) is 0 Å². The van der Waals surface area contributed by atoms with Gasteiger partial charge in [0.1, 0.15) is 0 Å². The van der Waals surface area contributed by atoms with Gasteiger partial charge < -0.3 is 10.3 Å². The van der Waals surface area contributed by atoms with Crippen LogP contribution in [-0.2, 0) is 7.05 Å². The first-order valence-electron chi connectivity index (χ1n) is 4.87. The Bertz CT molecular complexity index is 487. The molecule has 0 atom stereocenters. The number of nitrogens with zero attached hydrogens (tertiary/aromatic N) is 4. The Morgan fingerprint density at radius 1 is 1.40 bits per heavy atom. The molecule has 0 spiro atoms. The summed E-state index contributed by atoms with van der Waals surface area (Å²) in [5.41, 5.74) is 7.24. The van der Waals surface area contributed by atoms with Crippen molar-refractivity contribution < 1.29 is 5.32 Å². The highest BCUT2D eigenvalue weighted by Gasteiger charge is 2.12. The molecule has 0 radical (unpaired) electrons. The molecule has 0 aliphatic rings. The molecule has 0 saturated carbocycles. The van der Waals surface area contributed by atoms with E-state index in [0.717, 1.165) is 5.65 Å². The second-order valence-electron chi connectivity index (χ2n) is 3.91. The lowest BCUT2D eigenvalue weighted by molar-refractivity contribution is -0.609. The maximum Gasteiger partial charge on any atom is 0.329 e. The van der Waals surface area contributed by atoms with Crippen molar-refractivity contribution >= 4 is 22.9 Å². The number of rotatable bonds is 2. The highest BCUT2D eigenvalue weighted by atomic mass is 15.2. The monoisotopic (exact) mass is 207 g/mol. The summed E-state index contributed by atoms with van der Waals surface area (Å²) < 4.78 is 1.84. The third-order valence-corrected chi connectivity index (χ3v) is 2.09. The van der Waals surface area contributed by atoms with Gasteiger partial charge in [-0.3, -0.25) is 5.32 Å². The Morgan fingerprint density at radius 2 is 2.13 bits per heavy atom. The number of imidazole rings is 1. The summed E-state index contributed by atoms with van der Waals surface area (Å²) in [5, 5.41) is 1.98. The van der Waals surface area contributed by atoms with E-state index in [1.54, 1.807) is 6.33 Å². The van der Waals surface area contributed by atoms with Crippen LogP contribution in [-0.4, -0.2) is 25.6 Å². The minimum absolute atomic E-state index is 0.398. The fraction of sp³-hybridized carbons (Fsp3) is 0.444. The quantitative estimate of drug-likeness (QED) is 0.698. The van der Waals surface area contributed by atoms with Gasteiger partial charge in [0.15, 0.2) is 17.0 Å². The van der Waals surface area contributed by atoms with Crippen molar-refractivity contribution in [3.05, 3.63) is 6.33 Å². The van der Waals surface area contributed by atoms with Gasteiger partial charge >= 0.3 is 5.95 Å². The second kappa shape index (κ2) is 3.47. The smallest absolute Gasteiger partial charge is 0.329 e.